The molecule has 5 nitrogen and oxygen atoms in total. The van der Waals surface area contributed by atoms with Crippen LogP contribution in [0, 0.1) is 0 Å². The molecule has 0 spiro atoms. The molecule has 2 N–H and O–H groups in total. The van der Waals surface area contributed by atoms with Gasteiger partial charge in [0.2, 0.25) is 0 Å². The summed E-state index contributed by atoms with van der Waals surface area (Å²) in [6.45, 7) is 1.49. The summed E-state index contributed by atoms with van der Waals surface area (Å²) in [5, 5.41) is 0.564. The number of hydrogen-bond donors (Lipinski definition) is 1. The standard InChI is InChI=1S/C21H19N3O2S/c22-20-23-18-9-10-24(11-19(18)27-20)21(25)26-12-17-15-7-3-1-5-13(15)14-6-2-4-8-16(14)17/h1-8,17H,9-12H2,(H2,22,23). The van der Waals surface area contributed by atoms with E-state index in [1.54, 1.807) is 4.90 Å². The Morgan fingerprint density at radius 3 is 2.52 bits per heavy atom. The van der Waals surface area contributed by atoms with E-state index in [2.05, 4.69) is 41.4 Å². The molecule has 0 fully saturated rings. The summed E-state index contributed by atoms with van der Waals surface area (Å²) in [6, 6.07) is 16.7. The Balaban J connectivity index is 1.32. The first-order valence-electron chi connectivity index (χ1n) is 9.04. The first kappa shape index (κ1) is 16.3. The number of hydrogen-bond acceptors (Lipinski definition) is 5. The summed E-state index contributed by atoms with van der Waals surface area (Å²) in [4.78, 5) is 19.8. The van der Waals surface area contributed by atoms with Crippen molar-refractivity contribution in [3.05, 3.63) is 70.2 Å². The zero-order chi connectivity index (χ0) is 18.4. The van der Waals surface area contributed by atoms with Crippen LogP contribution < -0.4 is 5.73 Å². The van der Waals surface area contributed by atoms with E-state index in [0.717, 1.165) is 17.0 Å². The number of carbonyl (C=O) groups is 1. The van der Waals surface area contributed by atoms with Crippen molar-refractivity contribution in [1.82, 2.24) is 9.88 Å². The van der Waals surface area contributed by atoms with Crippen LogP contribution in [-0.4, -0.2) is 29.1 Å². The van der Waals surface area contributed by atoms with Crippen LogP contribution in [0.5, 0.6) is 0 Å². The number of thiazole rings is 1. The first-order chi connectivity index (χ1) is 13.2. The van der Waals surface area contributed by atoms with Crippen molar-refractivity contribution in [3.8, 4) is 11.1 Å². The maximum atomic E-state index is 12.7. The largest absolute Gasteiger partial charge is 0.448 e. The fourth-order valence-corrected chi connectivity index (χ4v) is 4.95. The van der Waals surface area contributed by atoms with Gasteiger partial charge in [-0.15, -0.1) is 11.3 Å². The fourth-order valence-electron chi connectivity index (χ4n) is 4.06. The molecule has 5 rings (SSSR count). The minimum Gasteiger partial charge on any atom is -0.448 e. The van der Waals surface area contributed by atoms with Crippen molar-refractivity contribution in [2.75, 3.05) is 18.9 Å². The third kappa shape index (κ3) is 2.77. The molecule has 0 radical (unpaired) electrons. The number of nitrogens with zero attached hydrogens (tertiary/aromatic N) is 2. The van der Waals surface area contributed by atoms with Crippen LogP contribution in [0.15, 0.2) is 48.5 Å². The number of fused-ring (bicyclic) bond motifs is 4. The van der Waals surface area contributed by atoms with Crippen molar-refractivity contribution in [1.29, 1.82) is 0 Å². The van der Waals surface area contributed by atoms with Crippen molar-refractivity contribution in [2.45, 2.75) is 18.9 Å². The van der Waals surface area contributed by atoms with Gasteiger partial charge in [-0.05, 0) is 22.3 Å². The summed E-state index contributed by atoms with van der Waals surface area (Å²) in [6.07, 6.45) is 0.460. The lowest BCUT2D eigenvalue weighted by Crippen LogP contribution is -2.36. The summed E-state index contributed by atoms with van der Waals surface area (Å²) in [5.74, 6) is 0.0840. The van der Waals surface area contributed by atoms with Gasteiger partial charge in [0, 0.05) is 23.8 Å². The molecule has 1 aromatic heterocycles. The lowest BCUT2D eigenvalue weighted by molar-refractivity contribution is 0.0956. The number of aromatic nitrogens is 1. The zero-order valence-electron chi connectivity index (χ0n) is 14.7. The lowest BCUT2D eigenvalue weighted by Gasteiger charge is -2.26. The second-order valence-corrected chi connectivity index (χ2v) is 8.01. The van der Waals surface area contributed by atoms with Crippen LogP contribution in [-0.2, 0) is 17.7 Å². The second kappa shape index (κ2) is 6.39. The van der Waals surface area contributed by atoms with E-state index in [9.17, 15) is 4.79 Å². The fraction of sp³-hybridized carbons (Fsp3) is 0.238. The normalized spacial score (nSPS) is 15.2. The molecule has 0 unspecified atom stereocenters. The molecule has 1 aliphatic carbocycles. The van der Waals surface area contributed by atoms with Gasteiger partial charge in [-0.25, -0.2) is 9.78 Å². The maximum Gasteiger partial charge on any atom is 0.410 e. The van der Waals surface area contributed by atoms with Crippen LogP contribution >= 0.6 is 11.3 Å². The van der Waals surface area contributed by atoms with Gasteiger partial charge in [0.15, 0.2) is 5.13 Å². The summed E-state index contributed by atoms with van der Waals surface area (Å²) in [5.41, 5.74) is 11.7. The Bertz CT molecular complexity index is 984. The lowest BCUT2D eigenvalue weighted by atomic mass is 9.98. The molecule has 6 heteroatoms. The van der Waals surface area contributed by atoms with Gasteiger partial charge in [-0.3, -0.25) is 0 Å². The smallest absolute Gasteiger partial charge is 0.410 e. The summed E-state index contributed by atoms with van der Waals surface area (Å²) < 4.78 is 5.74. The molecule has 2 heterocycles. The van der Waals surface area contributed by atoms with Crippen molar-refractivity contribution < 1.29 is 9.53 Å². The molecule has 2 aliphatic rings. The van der Waals surface area contributed by atoms with E-state index in [1.165, 1.54) is 33.6 Å². The van der Waals surface area contributed by atoms with Gasteiger partial charge in [0.05, 0.1) is 12.2 Å². The molecular weight excluding hydrogens is 358 g/mol. The van der Waals surface area contributed by atoms with Crippen LogP contribution in [0.25, 0.3) is 11.1 Å². The molecule has 2 aromatic carbocycles. The average Bonchev–Trinajstić information content (AvgIpc) is 3.22. The number of nitrogen functional groups attached to an aromatic ring is 1. The number of ether oxygens (including phenoxy) is 1. The number of anilines is 1. The highest BCUT2D eigenvalue weighted by Gasteiger charge is 2.30. The Morgan fingerprint density at radius 2 is 1.81 bits per heavy atom. The minimum atomic E-state index is -0.269. The highest BCUT2D eigenvalue weighted by Crippen LogP contribution is 2.44. The van der Waals surface area contributed by atoms with E-state index in [4.69, 9.17) is 10.5 Å². The number of carbonyl (C=O) groups excluding carboxylic acids is 1. The molecule has 1 amide bonds. The molecule has 0 bridgehead atoms. The van der Waals surface area contributed by atoms with Gasteiger partial charge in [0.1, 0.15) is 6.61 Å². The van der Waals surface area contributed by atoms with Crippen molar-refractivity contribution in [3.63, 3.8) is 0 Å². The van der Waals surface area contributed by atoms with Gasteiger partial charge in [-0.1, -0.05) is 48.5 Å². The average molecular weight is 377 g/mol. The van der Waals surface area contributed by atoms with E-state index in [1.807, 2.05) is 12.1 Å². The Hall–Kier alpha value is -2.86. The van der Waals surface area contributed by atoms with Crippen LogP contribution in [0.3, 0.4) is 0 Å². The molecule has 0 saturated carbocycles. The van der Waals surface area contributed by atoms with Crippen LogP contribution in [0.4, 0.5) is 9.93 Å². The number of amides is 1. The maximum absolute atomic E-state index is 12.7. The molecule has 3 aromatic rings. The van der Waals surface area contributed by atoms with Gasteiger partial charge in [0.25, 0.3) is 0 Å². The van der Waals surface area contributed by atoms with E-state index < -0.39 is 0 Å². The molecule has 27 heavy (non-hydrogen) atoms. The van der Waals surface area contributed by atoms with Crippen LogP contribution in [0.1, 0.15) is 27.6 Å². The monoisotopic (exact) mass is 377 g/mol. The predicted octanol–water partition coefficient (Wildman–Crippen LogP) is 4.03. The third-order valence-electron chi connectivity index (χ3n) is 5.34. The summed E-state index contributed by atoms with van der Waals surface area (Å²) >= 11 is 1.45. The van der Waals surface area contributed by atoms with E-state index >= 15 is 0 Å². The van der Waals surface area contributed by atoms with Crippen molar-refractivity contribution in [2.24, 2.45) is 0 Å². The molecule has 136 valence electrons. The third-order valence-corrected chi connectivity index (χ3v) is 6.25. The SMILES string of the molecule is Nc1nc2c(s1)CN(C(=O)OCC1c3ccccc3-c3ccccc31)CC2. The van der Waals surface area contributed by atoms with E-state index in [0.29, 0.717) is 24.8 Å². The quantitative estimate of drug-likeness (QED) is 0.732. The second-order valence-electron chi connectivity index (χ2n) is 6.90. The molecule has 1 aliphatic heterocycles. The Morgan fingerprint density at radius 1 is 1.15 bits per heavy atom. The first-order valence-corrected chi connectivity index (χ1v) is 9.86. The number of benzene rings is 2. The van der Waals surface area contributed by atoms with Gasteiger partial charge < -0.3 is 15.4 Å². The molecule has 0 saturated heterocycles. The van der Waals surface area contributed by atoms with Gasteiger partial charge in [-0.2, -0.15) is 0 Å². The minimum absolute atomic E-state index is 0.0840. The summed E-state index contributed by atoms with van der Waals surface area (Å²) in [7, 11) is 0. The highest BCUT2D eigenvalue weighted by molar-refractivity contribution is 7.15. The topological polar surface area (TPSA) is 68.5 Å². The molecule has 0 atom stereocenters. The van der Waals surface area contributed by atoms with Crippen LogP contribution in [0.2, 0.25) is 0 Å². The Kier molecular flexibility index (Phi) is 3.86. The zero-order valence-corrected chi connectivity index (χ0v) is 15.5. The molecular formula is C21H19N3O2S. The predicted molar refractivity (Wildman–Crippen MR) is 106 cm³/mol. The highest BCUT2D eigenvalue weighted by atomic mass is 32.1. The number of nitrogens with two attached hydrogens (primary N) is 1. The van der Waals surface area contributed by atoms with E-state index in [-0.39, 0.29) is 12.0 Å². The Labute approximate surface area is 161 Å². The van der Waals surface area contributed by atoms with Gasteiger partial charge >= 0.3 is 6.09 Å². The number of rotatable bonds is 2. The van der Waals surface area contributed by atoms with Crippen molar-refractivity contribution >= 4 is 22.6 Å².